The van der Waals surface area contributed by atoms with Gasteiger partial charge in [0.1, 0.15) is 0 Å². The van der Waals surface area contributed by atoms with Gasteiger partial charge in [0.05, 0.1) is 0 Å². The molecule has 0 atom stereocenters. The van der Waals surface area contributed by atoms with Crippen LogP contribution in [0.2, 0.25) is 0 Å². The van der Waals surface area contributed by atoms with E-state index >= 15 is 0 Å². The molecule has 2 amide bonds. The van der Waals surface area contributed by atoms with Gasteiger partial charge >= 0.3 is 5.96 Å². The van der Waals surface area contributed by atoms with Crippen molar-refractivity contribution in [3.63, 3.8) is 0 Å². The number of hydrogen-bond donors (Lipinski definition) is 3. The molecule has 0 aromatic rings. The Morgan fingerprint density at radius 3 is 2.30 bits per heavy atom. The SMILES string of the molecule is CCCCC1(CCCC)[NH2+]C(=N)N(CCCCC(=O)NC)C1=O. The van der Waals surface area contributed by atoms with E-state index in [1.807, 2.05) is 5.32 Å². The molecule has 0 unspecified atom stereocenters. The standard InChI is InChI=1S/C17H32N4O2/c1-4-6-11-17(12-7-5-2)15(23)21(16(18)20-17)13-9-8-10-14(22)19-3/h4-13H2,1-3H3,(H2,18,20)(H,19,22)/p+1. The Morgan fingerprint density at radius 2 is 1.78 bits per heavy atom. The molecule has 4 N–H and O–H groups in total. The van der Waals surface area contributed by atoms with E-state index in [0.29, 0.717) is 18.9 Å². The Kier molecular flexibility index (Phi) is 8.23. The smallest absolute Gasteiger partial charge is 0.301 e. The molecule has 6 nitrogen and oxygen atoms in total. The molecule has 0 aromatic carbocycles. The van der Waals surface area contributed by atoms with Gasteiger partial charge < -0.3 is 5.32 Å². The van der Waals surface area contributed by atoms with Crippen LogP contribution in [0, 0.1) is 5.41 Å². The van der Waals surface area contributed by atoms with Crippen LogP contribution in [0.4, 0.5) is 0 Å². The second kappa shape index (κ2) is 9.65. The summed E-state index contributed by atoms with van der Waals surface area (Å²) >= 11 is 0. The topological polar surface area (TPSA) is 89.9 Å². The fourth-order valence-corrected chi connectivity index (χ4v) is 3.15. The zero-order valence-electron chi connectivity index (χ0n) is 14.9. The number of amides is 2. The zero-order chi connectivity index (χ0) is 17.3. The maximum absolute atomic E-state index is 12.9. The number of nitrogens with zero attached hydrogens (tertiary/aromatic N) is 1. The molecule has 0 aliphatic carbocycles. The third-order valence-electron chi connectivity index (χ3n) is 4.64. The first-order valence-electron chi connectivity index (χ1n) is 8.97. The highest BCUT2D eigenvalue weighted by atomic mass is 16.2. The van der Waals surface area contributed by atoms with Crippen molar-refractivity contribution < 1.29 is 14.9 Å². The third kappa shape index (κ3) is 5.30. The quantitative estimate of drug-likeness (QED) is 0.501. The molecule has 132 valence electrons. The maximum atomic E-state index is 12.9. The largest absolute Gasteiger partial charge is 0.359 e. The molecule has 1 rings (SSSR count). The molecular weight excluding hydrogens is 292 g/mol. The Morgan fingerprint density at radius 1 is 1.17 bits per heavy atom. The van der Waals surface area contributed by atoms with Gasteiger partial charge in [-0.15, -0.1) is 0 Å². The molecule has 6 heteroatoms. The first kappa shape index (κ1) is 19.6. The summed E-state index contributed by atoms with van der Waals surface area (Å²) in [5.41, 5.74) is -0.454. The van der Waals surface area contributed by atoms with E-state index in [9.17, 15) is 9.59 Å². The number of unbranched alkanes of at least 4 members (excludes halogenated alkanes) is 3. The summed E-state index contributed by atoms with van der Waals surface area (Å²) in [4.78, 5) is 25.8. The molecule has 1 saturated heterocycles. The van der Waals surface area contributed by atoms with Crippen LogP contribution in [0.15, 0.2) is 0 Å². The van der Waals surface area contributed by atoms with Crippen LogP contribution in [0.25, 0.3) is 0 Å². The molecule has 0 spiro atoms. The lowest BCUT2D eigenvalue weighted by Gasteiger charge is -2.22. The highest BCUT2D eigenvalue weighted by molar-refractivity contribution is 6.01. The summed E-state index contributed by atoms with van der Waals surface area (Å²) in [5.74, 6) is 0.478. The Bertz CT molecular complexity index is 415. The molecule has 1 aliphatic heterocycles. The van der Waals surface area contributed by atoms with Gasteiger partial charge in [-0.05, 0) is 25.7 Å². The van der Waals surface area contributed by atoms with Gasteiger partial charge in [0, 0.05) is 32.9 Å². The Hall–Kier alpha value is -1.43. The third-order valence-corrected chi connectivity index (χ3v) is 4.64. The molecule has 0 bridgehead atoms. The maximum Gasteiger partial charge on any atom is 0.301 e. The summed E-state index contributed by atoms with van der Waals surface area (Å²) in [7, 11) is 1.63. The van der Waals surface area contributed by atoms with Crippen LogP contribution < -0.4 is 10.6 Å². The van der Waals surface area contributed by atoms with Crippen LogP contribution >= 0.6 is 0 Å². The Balaban J connectivity index is 2.62. The lowest BCUT2D eigenvalue weighted by Crippen LogP contribution is -2.97. The number of nitrogens with two attached hydrogens (primary N) is 1. The normalized spacial score (nSPS) is 16.9. The number of nitrogens with one attached hydrogen (secondary N) is 2. The number of guanidine groups is 1. The lowest BCUT2D eigenvalue weighted by molar-refractivity contribution is -0.607. The van der Waals surface area contributed by atoms with Crippen molar-refractivity contribution in [2.45, 2.75) is 77.2 Å². The summed E-state index contributed by atoms with van der Waals surface area (Å²) in [6.45, 7) is 4.81. The summed E-state index contributed by atoms with van der Waals surface area (Å²) < 4.78 is 0. The van der Waals surface area contributed by atoms with E-state index in [0.717, 1.165) is 51.4 Å². The lowest BCUT2D eigenvalue weighted by atomic mass is 9.87. The minimum absolute atomic E-state index is 0.0274. The van der Waals surface area contributed by atoms with Crippen molar-refractivity contribution in [3.05, 3.63) is 0 Å². The summed E-state index contributed by atoms with van der Waals surface area (Å²) in [6.07, 6.45) is 7.84. The van der Waals surface area contributed by atoms with Crippen molar-refractivity contribution >= 4 is 17.8 Å². The fourth-order valence-electron chi connectivity index (χ4n) is 3.15. The van der Waals surface area contributed by atoms with Crippen molar-refractivity contribution in [1.82, 2.24) is 10.2 Å². The van der Waals surface area contributed by atoms with Crippen molar-refractivity contribution in [2.24, 2.45) is 0 Å². The van der Waals surface area contributed by atoms with Gasteiger partial charge in [-0.3, -0.25) is 14.9 Å². The average molecular weight is 325 g/mol. The molecule has 1 aliphatic rings. The zero-order valence-corrected chi connectivity index (χ0v) is 14.9. The van der Waals surface area contributed by atoms with Crippen LogP contribution in [0.3, 0.4) is 0 Å². The first-order chi connectivity index (χ1) is 11.0. The number of carbonyl (C=O) groups is 2. The average Bonchev–Trinajstić information content (AvgIpc) is 2.78. The van der Waals surface area contributed by atoms with Gasteiger partial charge in [-0.25, -0.2) is 10.3 Å². The van der Waals surface area contributed by atoms with E-state index in [1.54, 1.807) is 11.9 Å². The van der Waals surface area contributed by atoms with Gasteiger partial charge in [-0.2, -0.15) is 0 Å². The van der Waals surface area contributed by atoms with Gasteiger partial charge in [0.2, 0.25) is 5.91 Å². The number of hydrogen-bond acceptors (Lipinski definition) is 3. The number of quaternary nitrogens is 1. The number of rotatable bonds is 11. The number of carbonyl (C=O) groups excluding carboxylic acids is 2. The van der Waals surface area contributed by atoms with Gasteiger partial charge in [-0.1, -0.05) is 26.7 Å². The van der Waals surface area contributed by atoms with Crippen LogP contribution in [-0.4, -0.2) is 41.8 Å². The van der Waals surface area contributed by atoms with Crippen molar-refractivity contribution in [2.75, 3.05) is 13.6 Å². The predicted molar refractivity (Wildman–Crippen MR) is 91.1 cm³/mol. The van der Waals surface area contributed by atoms with E-state index in [4.69, 9.17) is 5.41 Å². The second-order valence-corrected chi connectivity index (χ2v) is 6.48. The molecule has 1 heterocycles. The van der Waals surface area contributed by atoms with Crippen LogP contribution in [0.5, 0.6) is 0 Å². The summed E-state index contributed by atoms with van der Waals surface area (Å²) in [6, 6.07) is 0. The molecule has 0 aromatic heterocycles. The molecule has 1 fully saturated rings. The minimum Gasteiger partial charge on any atom is -0.359 e. The van der Waals surface area contributed by atoms with E-state index < -0.39 is 5.54 Å². The highest BCUT2D eigenvalue weighted by Crippen LogP contribution is 2.24. The van der Waals surface area contributed by atoms with Crippen molar-refractivity contribution in [3.8, 4) is 0 Å². The second-order valence-electron chi connectivity index (χ2n) is 6.48. The minimum atomic E-state index is -0.454. The monoisotopic (exact) mass is 325 g/mol. The van der Waals surface area contributed by atoms with Gasteiger partial charge in [0.25, 0.3) is 5.91 Å². The predicted octanol–water partition coefficient (Wildman–Crippen LogP) is 1.36. The van der Waals surface area contributed by atoms with E-state index in [1.165, 1.54) is 0 Å². The Labute approximate surface area is 139 Å². The van der Waals surface area contributed by atoms with E-state index in [2.05, 4.69) is 19.2 Å². The van der Waals surface area contributed by atoms with Crippen molar-refractivity contribution in [1.29, 1.82) is 5.41 Å². The molecule has 0 radical (unpaired) electrons. The first-order valence-corrected chi connectivity index (χ1v) is 8.97. The molecule has 0 saturated carbocycles. The van der Waals surface area contributed by atoms with Crippen LogP contribution in [-0.2, 0) is 9.59 Å². The highest BCUT2D eigenvalue weighted by Gasteiger charge is 2.52. The molecule has 23 heavy (non-hydrogen) atoms. The van der Waals surface area contributed by atoms with Crippen LogP contribution in [0.1, 0.15) is 71.6 Å². The van der Waals surface area contributed by atoms with Gasteiger partial charge in [0.15, 0.2) is 5.54 Å². The fraction of sp³-hybridized carbons (Fsp3) is 0.824. The van der Waals surface area contributed by atoms with E-state index in [-0.39, 0.29) is 11.8 Å². The molecular formula is C17H33N4O2+. The summed E-state index contributed by atoms with van der Waals surface area (Å²) in [5, 5.41) is 12.7.